The number of imidazole rings is 1. The molecule has 0 spiro atoms. The number of pyridine rings is 1. The second-order valence-corrected chi connectivity index (χ2v) is 5.86. The van der Waals surface area contributed by atoms with E-state index in [2.05, 4.69) is 20.6 Å². The smallest absolute Gasteiger partial charge is 0.213 e. The molecule has 0 saturated carbocycles. The number of para-hydroxylation sites is 1. The predicted octanol–water partition coefficient (Wildman–Crippen LogP) is 3.14. The van der Waals surface area contributed by atoms with Gasteiger partial charge in [0, 0.05) is 42.2 Å². The molecule has 0 amide bonds. The van der Waals surface area contributed by atoms with E-state index in [1.807, 2.05) is 36.7 Å². The maximum atomic E-state index is 6.01. The van der Waals surface area contributed by atoms with E-state index < -0.39 is 0 Å². The van der Waals surface area contributed by atoms with Crippen molar-refractivity contribution in [1.82, 2.24) is 14.5 Å². The summed E-state index contributed by atoms with van der Waals surface area (Å²) in [5.74, 6) is 3.07. The van der Waals surface area contributed by atoms with Gasteiger partial charge in [0.2, 0.25) is 5.88 Å². The minimum atomic E-state index is 0.163. The van der Waals surface area contributed by atoms with Crippen molar-refractivity contribution >= 4 is 0 Å². The molecular formula is C19H19N3O3. The Morgan fingerprint density at radius 2 is 2.04 bits per heavy atom. The van der Waals surface area contributed by atoms with Crippen molar-refractivity contribution in [3.05, 3.63) is 54.5 Å². The van der Waals surface area contributed by atoms with E-state index in [-0.39, 0.29) is 6.04 Å². The van der Waals surface area contributed by atoms with Crippen LogP contribution in [-0.2, 0) is 6.42 Å². The van der Waals surface area contributed by atoms with Gasteiger partial charge in [-0.25, -0.2) is 9.97 Å². The summed E-state index contributed by atoms with van der Waals surface area (Å²) in [6.07, 6.45) is 6.38. The largest absolute Gasteiger partial charge is 0.493 e. The molecule has 0 N–H and O–H groups in total. The van der Waals surface area contributed by atoms with Crippen LogP contribution in [0.3, 0.4) is 0 Å². The molecule has 1 aliphatic heterocycles. The molecule has 1 unspecified atom stereocenters. The van der Waals surface area contributed by atoms with Gasteiger partial charge in [-0.05, 0) is 12.1 Å². The van der Waals surface area contributed by atoms with E-state index in [0.29, 0.717) is 12.5 Å². The lowest BCUT2D eigenvalue weighted by Gasteiger charge is -2.28. The van der Waals surface area contributed by atoms with Crippen LogP contribution in [0.15, 0.2) is 48.9 Å². The van der Waals surface area contributed by atoms with Crippen LogP contribution in [-0.4, -0.2) is 35.4 Å². The van der Waals surface area contributed by atoms with E-state index in [1.165, 1.54) is 0 Å². The quantitative estimate of drug-likeness (QED) is 0.732. The first-order chi connectivity index (χ1) is 12.3. The molecule has 128 valence electrons. The summed E-state index contributed by atoms with van der Waals surface area (Å²) in [5, 5.41) is 0. The monoisotopic (exact) mass is 337 g/mol. The molecule has 25 heavy (non-hydrogen) atoms. The highest BCUT2D eigenvalue weighted by atomic mass is 16.5. The van der Waals surface area contributed by atoms with Crippen LogP contribution in [0.2, 0.25) is 0 Å². The second-order valence-electron chi connectivity index (χ2n) is 5.86. The summed E-state index contributed by atoms with van der Waals surface area (Å²) in [5.41, 5.74) is 2.11. The lowest BCUT2D eigenvalue weighted by molar-refractivity contribution is 0.214. The van der Waals surface area contributed by atoms with Crippen LogP contribution in [0.25, 0.3) is 11.4 Å². The lowest BCUT2D eigenvalue weighted by Crippen LogP contribution is -2.24. The maximum Gasteiger partial charge on any atom is 0.213 e. The van der Waals surface area contributed by atoms with Gasteiger partial charge in [-0.15, -0.1) is 0 Å². The van der Waals surface area contributed by atoms with Gasteiger partial charge in [-0.2, -0.15) is 0 Å². The molecule has 1 aromatic carbocycles. The van der Waals surface area contributed by atoms with Gasteiger partial charge >= 0.3 is 0 Å². The Bertz CT molecular complexity index is 891. The molecule has 2 aromatic heterocycles. The van der Waals surface area contributed by atoms with Crippen molar-refractivity contribution < 1.29 is 14.2 Å². The highest BCUT2D eigenvalue weighted by molar-refractivity contribution is 5.57. The van der Waals surface area contributed by atoms with Crippen LogP contribution in [0.5, 0.6) is 17.4 Å². The summed E-state index contributed by atoms with van der Waals surface area (Å²) in [6, 6.07) is 9.98. The normalized spacial score (nSPS) is 16.0. The highest BCUT2D eigenvalue weighted by Crippen LogP contribution is 2.38. The molecule has 6 heteroatoms. The fourth-order valence-corrected chi connectivity index (χ4v) is 3.21. The van der Waals surface area contributed by atoms with Crippen LogP contribution in [0, 0.1) is 0 Å². The Hall–Kier alpha value is -3.02. The van der Waals surface area contributed by atoms with Crippen LogP contribution in [0.1, 0.15) is 11.6 Å². The second kappa shape index (κ2) is 6.47. The average Bonchev–Trinajstić information content (AvgIpc) is 3.17. The molecule has 3 aromatic rings. The SMILES string of the molecule is COc1cc(-c2nccn2C2COc3c(cccc3OC)C2)ccn1. The first kappa shape index (κ1) is 15.5. The minimum Gasteiger partial charge on any atom is -0.493 e. The zero-order chi connectivity index (χ0) is 17.2. The number of hydrogen-bond acceptors (Lipinski definition) is 5. The van der Waals surface area contributed by atoms with E-state index in [9.17, 15) is 0 Å². The van der Waals surface area contributed by atoms with Gasteiger partial charge in [0.25, 0.3) is 0 Å². The van der Waals surface area contributed by atoms with Gasteiger partial charge in [0.1, 0.15) is 12.4 Å². The molecular weight excluding hydrogens is 318 g/mol. The molecule has 0 fully saturated rings. The molecule has 0 aliphatic carbocycles. The fraction of sp³-hybridized carbons (Fsp3) is 0.263. The Balaban J connectivity index is 1.67. The standard InChI is InChI=1S/C19H19N3O3/c1-23-16-5-3-4-13-10-15(12-25-18(13)16)22-9-8-21-19(22)14-6-7-20-17(11-14)24-2/h3-9,11,15H,10,12H2,1-2H3. The maximum absolute atomic E-state index is 6.01. The Labute approximate surface area is 146 Å². The zero-order valence-electron chi connectivity index (χ0n) is 14.2. The number of benzene rings is 1. The highest BCUT2D eigenvalue weighted by Gasteiger charge is 2.25. The Morgan fingerprint density at radius 1 is 1.12 bits per heavy atom. The van der Waals surface area contributed by atoms with E-state index in [1.54, 1.807) is 20.4 Å². The molecule has 3 heterocycles. The Morgan fingerprint density at radius 3 is 2.88 bits per heavy atom. The third-order valence-electron chi connectivity index (χ3n) is 4.42. The van der Waals surface area contributed by atoms with Crippen molar-refractivity contribution in [2.45, 2.75) is 12.5 Å². The summed E-state index contributed by atoms with van der Waals surface area (Å²) in [6.45, 7) is 0.568. The Kier molecular flexibility index (Phi) is 4.01. The summed E-state index contributed by atoms with van der Waals surface area (Å²) in [7, 11) is 3.27. The number of hydrogen-bond donors (Lipinski definition) is 0. The zero-order valence-corrected chi connectivity index (χ0v) is 14.2. The summed E-state index contributed by atoms with van der Waals surface area (Å²) in [4.78, 5) is 8.69. The van der Waals surface area contributed by atoms with E-state index >= 15 is 0 Å². The minimum absolute atomic E-state index is 0.163. The van der Waals surface area contributed by atoms with Crippen molar-refractivity contribution in [1.29, 1.82) is 0 Å². The summed E-state index contributed by atoms with van der Waals surface area (Å²) < 4.78 is 18.8. The molecule has 0 bridgehead atoms. The van der Waals surface area contributed by atoms with Gasteiger partial charge < -0.3 is 18.8 Å². The van der Waals surface area contributed by atoms with Gasteiger partial charge in [-0.1, -0.05) is 12.1 Å². The first-order valence-corrected chi connectivity index (χ1v) is 8.12. The number of methoxy groups -OCH3 is 2. The molecule has 1 aliphatic rings. The van der Waals surface area contributed by atoms with Crippen LogP contribution in [0.4, 0.5) is 0 Å². The number of nitrogens with zero attached hydrogens (tertiary/aromatic N) is 3. The number of rotatable bonds is 4. The molecule has 0 radical (unpaired) electrons. The molecule has 6 nitrogen and oxygen atoms in total. The lowest BCUT2D eigenvalue weighted by atomic mass is 10.0. The van der Waals surface area contributed by atoms with Crippen molar-refractivity contribution in [2.75, 3.05) is 20.8 Å². The van der Waals surface area contributed by atoms with E-state index in [0.717, 1.165) is 34.9 Å². The number of ether oxygens (including phenoxy) is 3. The van der Waals surface area contributed by atoms with Gasteiger partial charge in [-0.3, -0.25) is 0 Å². The number of aromatic nitrogens is 3. The van der Waals surface area contributed by atoms with Crippen LogP contribution < -0.4 is 14.2 Å². The van der Waals surface area contributed by atoms with E-state index in [4.69, 9.17) is 14.2 Å². The topological polar surface area (TPSA) is 58.4 Å². The first-order valence-electron chi connectivity index (χ1n) is 8.12. The third kappa shape index (κ3) is 2.80. The number of fused-ring (bicyclic) bond motifs is 1. The molecule has 1 atom stereocenters. The molecule has 0 saturated heterocycles. The van der Waals surface area contributed by atoms with Crippen molar-refractivity contribution in [3.63, 3.8) is 0 Å². The fourth-order valence-electron chi connectivity index (χ4n) is 3.21. The van der Waals surface area contributed by atoms with Gasteiger partial charge in [0.05, 0.1) is 20.3 Å². The third-order valence-corrected chi connectivity index (χ3v) is 4.42. The van der Waals surface area contributed by atoms with Crippen molar-refractivity contribution in [2.24, 2.45) is 0 Å². The predicted molar refractivity (Wildman–Crippen MR) is 93.2 cm³/mol. The molecule has 4 rings (SSSR count). The van der Waals surface area contributed by atoms with Crippen molar-refractivity contribution in [3.8, 4) is 28.8 Å². The average molecular weight is 337 g/mol. The van der Waals surface area contributed by atoms with Gasteiger partial charge in [0.15, 0.2) is 11.5 Å². The van der Waals surface area contributed by atoms with Crippen LogP contribution >= 0.6 is 0 Å². The summed E-state index contributed by atoms with van der Waals surface area (Å²) >= 11 is 0.